The normalized spacial score (nSPS) is 16.7. The first kappa shape index (κ1) is 35.0. The topological polar surface area (TPSA) is 173 Å². The molecule has 3 amide bonds. The molecule has 258 valence electrons. The number of H-pyrrole nitrogens is 1. The van der Waals surface area contributed by atoms with Crippen LogP contribution in [0.3, 0.4) is 0 Å². The number of alkyl carbamates (subject to hydrolysis) is 1. The van der Waals surface area contributed by atoms with Gasteiger partial charge in [-0.05, 0) is 112 Å². The standard InChI is InChI=1S/C36H44N8O5/c1-5-48-34-29(7-6-20-37-34)25-12-8-23(9-13-25)21-30(33(46)39-28-18-16-26(17-19-28)31-41-43-44-42-31)40-32(45)27-14-10-24(11-15-27)22-38-35(47)49-36(2,3)4/h6-9,12-13,16-20,24,27,30H,5,10-11,14-15,21-22H2,1-4H3,(H,38,47)(H,39,46)(H,40,45)(H,41,42,43,44)/t24?,27?,30-/m0/s1. The van der Waals surface area contributed by atoms with E-state index in [0.29, 0.717) is 49.8 Å². The number of carbonyl (C=O) groups is 3. The third kappa shape index (κ3) is 10.1. The van der Waals surface area contributed by atoms with E-state index in [1.165, 1.54) is 0 Å². The van der Waals surface area contributed by atoms with Crippen LogP contribution in [0.5, 0.6) is 5.88 Å². The predicted molar refractivity (Wildman–Crippen MR) is 184 cm³/mol. The summed E-state index contributed by atoms with van der Waals surface area (Å²) in [4.78, 5) is 43.7. The Morgan fingerprint density at radius 2 is 1.67 bits per heavy atom. The van der Waals surface area contributed by atoms with Gasteiger partial charge >= 0.3 is 6.09 Å². The number of pyridine rings is 1. The van der Waals surface area contributed by atoms with Crippen molar-refractivity contribution in [3.8, 4) is 28.4 Å². The van der Waals surface area contributed by atoms with Gasteiger partial charge in [-0.15, -0.1) is 10.2 Å². The monoisotopic (exact) mass is 668 g/mol. The summed E-state index contributed by atoms with van der Waals surface area (Å²) < 4.78 is 11.0. The van der Waals surface area contributed by atoms with Crippen LogP contribution >= 0.6 is 0 Å². The number of aromatic nitrogens is 5. The molecule has 0 aliphatic heterocycles. The number of benzene rings is 2. The summed E-state index contributed by atoms with van der Waals surface area (Å²) in [6, 6.07) is 17.9. The average molecular weight is 669 g/mol. The van der Waals surface area contributed by atoms with Gasteiger partial charge in [-0.1, -0.05) is 24.3 Å². The van der Waals surface area contributed by atoms with Crippen LogP contribution < -0.4 is 20.7 Å². The van der Waals surface area contributed by atoms with Gasteiger partial charge in [-0.25, -0.2) is 9.78 Å². The van der Waals surface area contributed by atoms with E-state index in [-0.39, 0.29) is 23.7 Å². The molecule has 1 aliphatic carbocycles. The van der Waals surface area contributed by atoms with Crippen LogP contribution in [0.1, 0.15) is 58.9 Å². The maximum absolute atomic E-state index is 13.7. The van der Waals surface area contributed by atoms with E-state index in [0.717, 1.165) is 35.1 Å². The summed E-state index contributed by atoms with van der Waals surface area (Å²) in [7, 11) is 0. The number of hydrogen-bond acceptors (Lipinski definition) is 9. The van der Waals surface area contributed by atoms with Crippen LogP contribution in [-0.2, 0) is 20.7 Å². The molecule has 2 aromatic heterocycles. The third-order valence-electron chi connectivity index (χ3n) is 8.30. The number of ether oxygens (including phenoxy) is 2. The van der Waals surface area contributed by atoms with Crippen LogP contribution in [0, 0.1) is 11.8 Å². The molecule has 13 heteroatoms. The second-order valence-electron chi connectivity index (χ2n) is 13.2. The Morgan fingerprint density at radius 3 is 2.33 bits per heavy atom. The number of nitrogens with zero attached hydrogens (tertiary/aromatic N) is 4. The highest BCUT2D eigenvalue weighted by molar-refractivity contribution is 5.97. The van der Waals surface area contributed by atoms with Crippen molar-refractivity contribution in [3.63, 3.8) is 0 Å². The molecule has 0 radical (unpaired) electrons. The zero-order valence-corrected chi connectivity index (χ0v) is 28.4. The second kappa shape index (κ2) is 16.2. The van der Waals surface area contributed by atoms with Crippen molar-refractivity contribution in [1.82, 2.24) is 36.2 Å². The first-order valence-corrected chi connectivity index (χ1v) is 16.7. The Morgan fingerprint density at radius 1 is 0.959 bits per heavy atom. The molecule has 4 aromatic rings. The van der Waals surface area contributed by atoms with Gasteiger partial charge < -0.3 is 25.4 Å². The minimum Gasteiger partial charge on any atom is -0.478 e. The Kier molecular flexibility index (Phi) is 11.6. The molecule has 49 heavy (non-hydrogen) atoms. The minimum absolute atomic E-state index is 0.153. The summed E-state index contributed by atoms with van der Waals surface area (Å²) >= 11 is 0. The molecule has 1 atom stereocenters. The van der Waals surface area contributed by atoms with E-state index >= 15 is 0 Å². The van der Waals surface area contributed by atoms with E-state index in [1.807, 2.05) is 64.1 Å². The Balaban J connectivity index is 1.24. The fourth-order valence-electron chi connectivity index (χ4n) is 5.80. The molecule has 2 heterocycles. The van der Waals surface area contributed by atoms with Crippen molar-refractivity contribution in [2.75, 3.05) is 18.5 Å². The zero-order chi connectivity index (χ0) is 34.8. The molecular formula is C36H44N8O5. The van der Waals surface area contributed by atoms with Crippen LogP contribution in [0.25, 0.3) is 22.5 Å². The largest absolute Gasteiger partial charge is 0.478 e. The quantitative estimate of drug-likeness (QED) is 0.156. The maximum Gasteiger partial charge on any atom is 0.407 e. The summed E-state index contributed by atoms with van der Waals surface area (Å²) in [5.74, 6) is 0.551. The van der Waals surface area contributed by atoms with Crippen LogP contribution in [0.15, 0.2) is 66.9 Å². The number of anilines is 1. The summed E-state index contributed by atoms with van der Waals surface area (Å²) in [6.45, 7) is 8.40. The molecule has 2 aromatic carbocycles. The van der Waals surface area contributed by atoms with Gasteiger partial charge in [0, 0.05) is 41.9 Å². The molecule has 1 aliphatic rings. The number of nitrogens with one attached hydrogen (secondary N) is 4. The van der Waals surface area contributed by atoms with Crippen molar-refractivity contribution in [2.45, 2.75) is 71.4 Å². The fraction of sp³-hybridized carbons (Fsp3) is 0.417. The van der Waals surface area contributed by atoms with Gasteiger partial charge in [-0.2, -0.15) is 5.21 Å². The number of rotatable bonds is 12. The van der Waals surface area contributed by atoms with E-state index in [4.69, 9.17) is 9.47 Å². The average Bonchev–Trinajstić information content (AvgIpc) is 3.63. The molecule has 0 unspecified atom stereocenters. The molecular weight excluding hydrogens is 624 g/mol. The fourth-order valence-corrected chi connectivity index (χ4v) is 5.80. The summed E-state index contributed by atoms with van der Waals surface area (Å²) in [6.07, 6.45) is 4.46. The molecule has 4 N–H and O–H groups in total. The second-order valence-corrected chi connectivity index (χ2v) is 13.2. The highest BCUT2D eigenvalue weighted by Gasteiger charge is 2.30. The molecule has 0 saturated heterocycles. The van der Waals surface area contributed by atoms with Crippen molar-refractivity contribution < 1.29 is 23.9 Å². The van der Waals surface area contributed by atoms with Crippen LogP contribution in [0.4, 0.5) is 10.5 Å². The highest BCUT2D eigenvalue weighted by atomic mass is 16.6. The summed E-state index contributed by atoms with van der Waals surface area (Å²) in [5, 5.41) is 22.8. The maximum atomic E-state index is 13.7. The van der Waals surface area contributed by atoms with Crippen molar-refractivity contribution >= 4 is 23.6 Å². The summed E-state index contributed by atoms with van der Waals surface area (Å²) in [5.41, 5.74) is 3.45. The van der Waals surface area contributed by atoms with E-state index in [1.54, 1.807) is 30.5 Å². The van der Waals surface area contributed by atoms with Crippen molar-refractivity contribution in [3.05, 3.63) is 72.4 Å². The van der Waals surface area contributed by atoms with Gasteiger partial charge in [0.2, 0.25) is 23.5 Å². The van der Waals surface area contributed by atoms with E-state index in [9.17, 15) is 14.4 Å². The predicted octanol–water partition coefficient (Wildman–Crippen LogP) is 5.32. The zero-order valence-electron chi connectivity index (χ0n) is 28.4. The van der Waals surface area contributed by atoms with E-state index in [2.05, 4.69) is 41.6 Å². The molecule has 1 fully saturated rings. The van der Waals surface area contributed by atoms with Crippen LogP contribution in [-0.4, -0.2) is 68.3 Å². The van der Waals surface area contributed by atoms with Crippen molar-refractivity contribution in [2.24, 2.45) is 11.8 Å². The van der Waals surface area contributed by atoms with Gasteiger partial charge in [0.1, 0.15) is 11.6 Å². The van der Waals surface area contributed by atoms with Gasteiger partial charge in [0.15, 0.2) is 0 Å². The van der Waals surface area contributed by atoms with Gasteiger partial charge in [0.05, 0.1) is 6.61 Å². The Hall–Kier alpha value is -5.33. The lowest BCUT2D eigenvalue weighted by molar-refractivity contribution is -0.130. The molecule has 1 saturated carbocycles. The number of amides is 3. The van der Waals surface area contributed by atoms with Crippen molar-refractivity contribution in [1.29, 1.82) is 0 Å². The minimum atomic E-state index is -0.820. The number of tetrazole rings is 1. The first-order chi connectivity index (χ1) is 23.6. The number of hydrogen-bond donors (Lipinski definition) is 4. The lowest BCUT2D eigenvalue weighted by atomic mass is 9.81. The van der Waals surface area contributed by atoms with E-state index < -0.39 is 17.7 Å². The molecule has 0 spiro atoms. The number of aromatic amines is 1. The Labute approximate surface area is 286 Å². The Bertz CT molecular complexity index is 1680. The molecule has 5 rings (SSSR count). The van der Waals surface area contributed by atoms with Gasteiger partial charge in [0.25, 0.3) is 0 Å². The third-order valence-corrected chi connectivity index (χ3v) is 8.30. The van der Waals surface area contributed by atoms with Crippen LogP contribution in [0.2, 0.25) is 0 Å². The SMILES string of the molecule is CCOc1ncccc1-c1ccc(C[C@H](NC(=O)C2CCC(CNC(=O)OC(C)(C)C)CC2)C(=O)Nc2ccc(-c3nn[nH]n3)cc2)cc1. The highest BCUT2D eigenvalue weighted by Crippen LogP contribution is 2.30. The smallest absolute Gasteiger partial charge is 0.407 e. The molecule has 13 nitrogen and oxygen atoms in total. The lowest BCUT2D eigenvalue weighted by Gasteiger charge is -2.29. The molecule has 0 bridgehead atoms. The van der Waals surface area contributed by atoms with Gasteiger partial charge in [-0.3, -0.25) is 9.59 Å². The number of carbonyl (C=O) groups excluding carboxylic acids is 3. The first-order valence-electron chi connectivity index (χ1n) is 16.7. The lowest BCUT2D eigenvalue weighted by Crippen LogP contribution is -2.48.